The summed E-state index contributed by atoms with van der Waals surface area (Å²) in [7, 11) is 1.52. The Labute approximate surface area is 155 Å². The predicted octanol–water partition coefficient (Wildman–Crippen LogP) is 1.22. The number of pyridine rings is 1. The summed E-state index contributed by atoms with van der Waals surface area (Å²) in [5, 5.41) is 3.19. The number of carbonyl (C=O) groups is 1. The molecular weight excluding hydrogens is 344 g/mol. The molecule has 0 saturated heterocycles. The molecule has 138 valence electrons. The summed E-state index contributed by atoms with van der Waals surface area (Å²) in [5.74, 6) is -0.320. The Hall–Kier alpha value is -3.22. The van der Waals surface area contributed by atoms with Crippen molar-refractivity contribution >= 4 is 16.9 Å². The monoisotopic (exact) mass is 364 g/mol. The van der Waals surface area contributed by atoms with Crippen LogP contribution in [0, 0.1) is 6.92 Å². The minimum absolute atomic E-state index is 0.00235. The van der Waals surface area contributed by atoms with E-state index in [1.807, 2.05) is 12.1 Å². The molecule has 3 aromatic rings. The van der Waals surface area contributed by atoms with Crippen LogP contribution in [0.1, 0.15) is 33.6 Å². The Balaban J connectivity index is 1.71. The average molecular weight is 364 g/mol. The molecule has 2 heterocycles. The second-order valence-corrected chi connectivity index (χ2v) is 7.01. The van der Waals surface area contributed by atoms with Crippen molar-refractivity contribution in [3.63, 3.8) is 0 Å². The van der Waals surface area contributed by atoms with Crippen LogP contribution in [0.5, 0.6) is 0 Å². The van der Waals surface area contributed by atoms with Gasteiger partial charge in [-0.2, -0.15) is 0 Å². The fourth-order valence-electron chi connectivity index (χ4n) is 3.73. The van der Waals surface area contributed by atoms with Gasteiger partial charge in [-0.3, -0.25) is 19.1 Å². The highest BCUT2D eigenvalue weighted by atomic mass is 16.2. The molecule has 0 spiro atoms. The number of hydrogen-bond donors (Lipinski definition) is 2. The van der Waals surface area contributed by atoms with Gasteiger partial charge >= 0.3 is 5.69 Å². The normalized spacial score (nSPS) is 16.1. The Morgan fingerprint density at radius 3 is 2.78 bits per heavy atom. The second-order valence-electron chi connectivity index (χ2n) is 7.01. The highest BCUT2D eigenvalue weighted by molar-refractivity contribution is 6.05. The van der Waals surface area contributed by atoms with Gasteiger partial charge in [-0.25, -0.2) is 9.78 Å². The van der Waals surface area contributed by atoms with Gasteiger partial charge < -0.3 is 5.32 Å². The van der Waals surface area contributed by atoms with Crippen LogP contribution in [-0.2, 0) is 19.9 Å². The molecule has 7 heteroatoms. The number of nitrogens with zero attached hydrogens (tertiary/aromatic N) is 2. The minimum Gasteiger partial charge on any atom is -0.349 e. The number of fused-ring (bicyclic) bond motifs is 2. The van der Waals surface area contributed by atoms with Gasteiger partial charge in [0.1, 0.15) is 5.65 Å². The third kappa shape index (κ3) is 3.05. The van der Waals surface area contributed by atoms with Gasteiger partial charge in [0.2, 0.25) is 0 Å². The quantitative estimate of drug-likeness (QED) is 0.714. The van der Waals surface area contributed by atoms with Crippen LogP contribution in [-0.4, -0.2) is 26.5 Å². The lowest BCUT2D eigenvalue weighted by Crippen LogP contribution is -2.39. The number of hydrogen-bond acceptors (Lipinski definition) is 4. The number of aryl methyl sites for hydroxylation is 3. The molecule has 2 N–H and O–H groups in total. The highest BCUT2D eigenvalue weighted by Gasteiger charge is 2.23. The molecule has 4 rings (SSSR count). The highest BCUT2D eigenvalue weighted by Crippen LogP contribution is 2.22. The average Bonchev–Trinajstić information content (AvgIpc) is 2.65. The van der Waals surface area contributed by atoms with E-state index in [1.54, 1.807) is 13.0 Å². The van der Waals surface area contributed by atoms with Crippen LogP contribution < -0.4 is 16.6 Å². The van der Waals surface area contributed by atoms with Crippen molar-refractivity contribution in [2.24, 2.45) is 7.05 Å². The molecule has 1 amide bonds. The molecular formula is C20H20N4O3. The van der Waals surface area contributed by atoms with E-state index in [2.05, 4.69) is 27.4 Å². The van der Waals surface area contributed by atoms with E-state index in [9.17, 15) is 14.4 Å². The summed E-state index contributed by atoms with van der Waals surface area (Å²) in [6.45, 7) is 1.73. The van der Waals surface area contributed by atoms with Crippen molar-refractivity contribution in [2.75, 3.05) is 0 Å². The van der Waals surface area contributed by atoms with E-state index < -0.39 is 11.2 Å². The van der Waals surface area contributed by atoms with Crippen LogP contribution in [0.2, 0.25) is 0 Å². The molecule has 0 aliphatic heterocycles. The molecule has 1 aromatic carbocycles. The predicted molar refractivity (Wildman–Crippen MR) is 102 cm³/mol. The maximum absolute atomic E-state index is 13.0. The molecule has 1 aliphatic rings. The van der Waals surface area contributed by atoms with Crippen LogP contribution >= 0.6 is 0 Å². The third-order valence-electron chi connectivity index (χ3n) is 5.12. The van der Waals surface area contributed by atoms with Crippen LogP contribution in [0.4, 0.5) is 0 Å². The topological polar surface area (TPSA) is 96.9 Å². The number of amides is 1. The van der Waals surface area contributed by atoms with Crippen molar-refractivity contribution in [3.05, 3.63) is 73.6 Å². The maximum Gasteiger partial charge on any atom is 0.329 e. The van der Waals surface area contributed by atoms with E-state index >= 15 is 0 Å². The molecule has 0 bridgehead atoms. The van der Waals surface area contributed by atoms with Gasteiger partial charge in [-0.05, 0) is 43.4 Å². The zero-order chi connectivity index (χ0) is 19.1. The van der Waals surface area contributed by atoms with Gasteiger partial charge in [0.05, 0.1) is 10.9 Å². The summed E-state index contributed by atoms with van der Waals surface area (Å²) in [6, 6.07) is 9.83. The summed E-state index contributed by atoms with van der Waals surface area (Å²) >= 11 is 0. The van der Waals surface area contributed by atoms with Crippen molar-refractivity contribution in [1.29, 1.82) is 0 Å². The second kappa shape index (κ2) is 6.50. The first-order chi connectivity index (χ1) is 12.9. The largest absolute Gasteiger partial charge is 0.349 e. The third-order valence-corrected chi connectivity index (χ3v) is 5.12. The first-order valence-electron chi connectivity index (χ1n) is 8.92. The lowest BCUT2D eigenvalue weighted by molar-refractivity contribution is 0.0935. The van der Waals surface area contributed by atoms with Gasteiger partial charge in [0, 0.05) is 18.8 Å². The van der Waals surface area contributed by atoms with E-state index in [4.69, 9.17) is 0 Å². The smallest absolute Gasteiger partial charge is 0.329 e. The van der Waals surface area contributed by atoms with E-state index in [1.165, 1.54) is 22.7 Å². The number of H-pyrrole nitrogens is 1. The molecule has 27 heavy (non-hydrogen) atoms. The SMILES string of the molecule is Cc1cc(C(=O)NC2CCc3ccccc3C2)c2c(=O)[nH]c(=O)n(C)c2n1. The number of aromatic nitrogens is 3. The zero-order valence-electron chi connectivity index (χ0n) is 15.2. The minimum atomic E-state index is -0.597. The molecule has 1 unspecified atom stereocenters. The maximum atomic E-state index is 13.0. The summed E-state index contributed by atoms with van der Waals surface area (Å²) in [5.41, 5.74) is 2.43. The standard InChI is InChI=1S/C20H20N4O3/c1-11-9-15(16-17(21-11)24(2)20(27)23-19(16)26)18(25)22-14-8-7-12-5-3-4-6-13(12)10-14/h3-6,9,14H,7-8,10H2,1-2H3,(H,22,25)(H,23,26,27). The number of rotatable bonds is 2. The molecule has 7 nitrogen and oxygen atoms in total. The van der Waals surface area contributed by atoms with E-state index in [-0.39, 0.29) is 28.5 Å². The Kier molecular flexibility index (Phi) is 4.14. The molecule has 1 aliphatic carbocycles. The Morgan fingerprint density at radius 1 is 1.26 bits per heavy atom. The van der Waals surface area contributed by atoms with Gasteiger partial charge in [-0.15, -0.1) is 0 Å². The van der Waals surface area contributed by atoms with E-state index in [0.29, 0.717) is 5.69 Å². The van der Waals surface area contributed by atoms with Gasteiger partial charge in [0.25, 0.3) is 11.5 Å². The molecule has 2 aromatic heterocycles. The first-order valence-corrected chi connectivity index (χ1v) is 8.92. The lowest BCUT2D eigenvalue weighted by Gasteiger charge is -2.25. The van der Waals surface area contributed by atoms with Crippen molar-refractivity contribution in [3.8, 4) is 0 Å². The lowest BCUT2D eigenvalue weighted by atomic mass is 9.88. The Bertz CT molecular complexity index is 1180. The van der Waals surface area contributed by atoms with Gasteiger partial charge in [-0.1, -0.05) is 24.3 Å². The van der Waals surface area contributed by atoms with Crippen LogP contribution in [0.15, 0.2) is 39.9 Å². The zero-order valence-corrected chi connectivity index (χ0v) is 15.2. The summed E-state index contributed by atoms with van der Waals surface area (Å²) in [6.07, 6.45) is 2.52. The number of nitrogens with one attached hydrogen (secondary N) is 2. The molecule has 0 fully saturated rings. The fraction of sp³-hybridized carbons (Fsp3) is 0.300. The molecule has 0 radical (unpaired) electrons. The fourth-order valence-corrected chi connectivity index (χ4v) is 3.73. The summed E-state index contributed by atoms with van der Waals surface area (Å²) < 4.78 is 1.25. The van der Waals surface area contributed by atoms with Crippen molar-refractivity contribution < 1.29 is 4.79 Å². The number of benzene rings is 1. The van der Waals surface area contributed by atoms with Crippen molar-refractivity contribution in [1.82, 2.24) is 19.9 Å². The van der Waals surface area contributed by atoms with Crippen LogP contribution in [0.3, 0.4) is 0 Å². The van der Waals surface area contributed by atoms with E-state index in [0.717, 1.165) is 19.3 Å². The Morgan fingerprint density at radius 2 is 2.00 bits per heavy atom. The number of aromatic amines is 1. The summed E-state index contributed by atoms with van der Waals surface area (Å²) in [4.78, 5) is 43.7. The van der Waals surface area contributed by atoms with Gasteiger partial charge in [0.15, 0.2) is 0 Å². The number of carbonyl (C=O) groups excluding carboxylic acids is 1. The molecule has 0 saturated carbocycles. The van der Waals surface area contributed by atoms with Crippen molar-refractivity contribution in [2.45, 2.75) is 32.2 Å². The molecule has 1 atom stereocenters. The van der Waals surface area contributed by atoms with Crippen LogP contribution in [0.25, 0.3) is 11.0 Å². The first kappa shape index (κ1) is 17.2.